The lowest BCUT2D eigenvalue weighted by Gasteiger charge is -2.16. The van der Waals surface area contributed by atoms with E-state index >= 15 is 0 Å². The first-order valence-corrected chi connectivity index (χ1v) is 12.7. The molecule has 0 unspecified atom stereocenters. The van der Waals surface area contributed by atoms with Crippen LogP contribution in [0.4, 0.5) is 11.4 Å². The number of hydrogen-bond donors (Lipinski definition) is 2. The number of sulfone groups is 1. The van der Waals surface area contributed by atoms with E-state index in [1.807, 2.05) is 49.4 Å². The number of benzene rings is 3. The summed E-state index contributed by atoms with van der Waals surface area (Å²) in [6, 6.07) is 23.5. The summed E-state index contributed by atoms with van der Waals surface area (Å²) in [4.78, 5) is 17.1. The average Bonchev–Trinajstić information content (AvgIpc) is 2.84. The Morgan fingerprint density at radius 3 is 2.20 bits per heavy atom. The number of pyridine rings is 1. The minimum absolute atomic E-state index is 0.0705. The van der Waals surface area contributed by atoms with Crippen molar-refractivity contribution < 1.29 is 13.2 Å². The molecule has 4 rings (SSSR count). The zero-order chi connectivity index (χ0) is 24.8. The third-order valence-electron chi connectivity index (χ3n) is 5.58. The molecule has 0 atom stereocenters. The lowest BCUT2D eigenvalue weighted by atomic mass is 10.1. The Labute approximate surface area is 206 Å². The number of nitrogens with one attached hydrogen (secondary N) is 2. The summed E-state index contributed by atoms with van der Waals surface area (Å²) in [5, 5.41) is 5.90. The number of nitrogens with zero attached hydrogens (tertiary/aromatic N) is 1. The fourth-order valence-electron chi connectivity index (χ4n) is 3.98. The van der Waals surface area contributed by atoms with Crippen molar-refractivity contribution >= 4 is 27.1 Å². The van der Waals surface area contributed by atoms with E-state index in [4.69, 9.17) is 0 Å². The Hall–Kier alpha value is -3.97. The Morgan fingerprint density at radius 2 is 1.51 bits per heavy atom. The number of aromatic nitrogens is 1. The van der Waals surface area contributed by atoms with Crippen molar-refractivity contribution in [2.75, 3.05) is 17.2 Å². The van der Waals surface area contributed by atoms with E-state index in [9.17, 15) is 13.2 Å². The van der Waals surface area contributed by atoms with Gasteiger partial charge in [0, 0.05) is 18.1 Å². The van der Waals surface area contributed by atoms with E-state index in [-0.39, 0.29) is 22.2 Å². The molecule has 1 amide bonds. The highest BCUT2D eigenvalue weighted by Crippen LogP contribution is 2.32. The molecule has 3 aromatic carbocycles. The molecule has 0 bridgehead atoms. The summed E-state index contributed by atoms with van der Waals surface area (Å²) in [6.45, 7) is 3.59. The summed E-state index contributed by atoms with van der Waals surface area (Å²) in [6.07, 6.45) is 4.32. The molecule has 0 aliphatic carbocycles. The molecule has 6 nitrogen and oxygen atoms in total. The highest BCUT2D eigenvalue weighted by molar-refractivity contribution is 7.91. The minimum Gasteiger partial charge on any atom is -0.375 e. The molecule has 7 heteroatoms. The van der Waals surface area contributed by atoms with Crippen LogP contribution in [-0.4, -0.2) is 25.9 Å². The van der Waals surface area contributed by atoms with Crippen LogP contribution in [-0.2, 0) is 21.1 Å². The number of amides is 1. The maximum atomic E-state index is 13.3. The number of anilines is 2. The van der Waals surface area contributed by atoms with Gasteiger partial charge in [0.25, 0.3) is 0 Å². The fourth-order valence-corrected chi connectivity index (χ4v) is 5.64. The molecule has 35 heavy (non-hydrogen) atoms. The van der Waals surface area contributed by atoms with Crippen molar-refractivity contribution in [1.82, 2.24) is 4.98 Å². The van der Waals surface area contributed by atoms with E-state index in [1.54, 1.807) is 55.7 Å². The lowest BCUT2D eigenvalue weighted by molar-refractivity contribution is -0.114. The minimum atomic E-state index is -3.75. The topological polar surface area (TPSA) is 88.2 Å². The predicted octanol–water partition coefficient (Wildman–Crippen LogP) is 5.17. The standard InChI is InChI=1S/C28H27N3O3S/c1-20-16-21(2)28(35(33,34)25-6-4-3-5-7-25)26(17-20)30-19-27(32)31-24-10-8-22(9-11-24)18-23-12-14-29-15-13-23/h3-17,30H,18-19H2,1-2H3,(H,31,32). The van der Waals surface area contributed by atoms with Crippen LogP contribution in [0.3, 0.4) is 0 Å². The van der Waals surface area contributed by atoms with E-state index in [0.29, 0.717) is 16.9 Å². The van der Waals surface area contributed by atoms with Crippen LogP contribution in [0.2, 0.25) is 0 Å². The zero-order valence-corrected chi connectivity index (χ0v) is 20.5. The molecule has 0 radical (unpaired) electrons. The molecule has 0 saturated carbocycles. The summed E-state index contributed by atoms with van der Waals surface area (Å²) in [5.41, 5.74) is 4.90. The van der Waals surface area contributed by atoms with Gasteiger partial charge in [-0.1, -0.05) is 36.4 Å². The fraction of sp³-hybridized carbons (Fsp3) is 0.143. The largest absolute Gasteiger partial charge is 0.375 e. The van der Waals surface area contributed by atoms with Gasteiger partial charge in [0.1, 0.15) is 0 Å². The van der Waals surface area contributed by atoms with Crippen LogP contribution in [0.1, 0.15) is 22.3 Å². The van der Waals surface area contributed by atoms with E-state index in [2.05, 4.69) is 15.6 Å². The maximum absolute atomic E-state index is 13.3. The van der Waals surface area contributed by atoms with Gasteiger partial charge in [0.15, 0.2) is 0 Å². The molecule has 178 valence electrons. The van der Waals surface area contributed by atoms with Gasteiger partial charge in [-0.05, 0) is 85.0 Å². The molecule has 0 saturated heterocycles. The summed E-state index contributed by atoms with van der Waals surface area (Å²) in [5.74, 6) is -0.269. The molecule has 1 heterocycles. The molecule has 2 N–H and O–H groups in total. The average molecular weight is 486 g/mol. The second-order valence-electron chi connectivity index (χ2n) is 8.41. The van der Waals surface area contributed by atoms with Gasteiger partial charge in [-0.3, -0.25) is 9.78 Å². The van der Waals surface area contributed by atoms with Crippen LogP contribution >= 0.6 is 0 Å². The van der Waals surface area contributed by atoms with E-state index in [1.165, 1.54) is 0 Å². The first-order valence-electron chi connectivity index (χ1n) is 11.3. The molecule has 0 aliphatic rings. The van der Waals surface area contributed by atoms with Crippen LogP contribution in [0, 0.1) is 13.8 Å². The second kappa shape index (κ2) is 10.5. The Morgan fingerprint density at radius 1 is 0.857 bits per heavy atom. The molecular formula is C28H27N3O3S. The molecular weight excluding hydrogens is 458 g/mol. The number of carbonyl (C=O) groups is 1. The number of rotatable bonds is 8. The van der Waals surface area contributed by atoms with Crippen molar-refractivity contribution in [3.8, 4) is 0 Å². The van der Waals surface area contributed by atoms with Crippen molar-refractivity contribution in [1.29, 1.82) is 0 Å². The first-order chi connectivity index (χ1) is 16.8. The molecule has 0 spiro atoms. The molecule has 1 aromatic heterocycles. The normalized spacial score (nSPS) is 11.1. The van der Waals surface area contributed by atoms with Crippen LogP contribution in [0.5, 0.6) is 0 Å². The Bertz CT molecular complexity index is 1420. The zero-order valence-electron chi connectivity index (χ0n) is 19.7. The third-order valence-corrected chi connectivity index (χ3v) is 7.55. The van der Waals surface area contributed by atoms with Gasteiger partial charge in [-0.2, -0.15) is 0 Å². The summed E-state index contributed by atoms with van der Waals surface area (Å²) in [7, 11) is -3.75. The lowest BCUT2D eigenvalue weighted by Crippen LogP contribution is -2.23. The number of hydrogen-bond acceptors (Lipinski definition) is 5. The van der Waals surface area contributed by atoms with Crippen molar-refractivity contribution in [3.05, 3.63) is 114 Å². The summed E-state index contributed by atoms with van der Waals surface area (Å²) < 4.78 is 26.7. The van der Waals surface area contributed by atoms with E-state index < -0.39 is 9.84 Å². The second-order valence-corrected chi connectivity index (χ2v) is 10.3. The number of aryl methyl sites for hydroxylation is 2. The van der Waals surface area contributed by atoms with Gasteiger partial charge in [0.2, 0.25) is 15.7 Å². The van der Waals surface area contributed by atoms with Crippen LogP contribution < -0.4 is 10.6 Å². The summed E-state index contributed by atoms with van der Waals surface area (Å²) >= 11 is 0. The predicted molar refractivity (Wildman–Crippen MR) is 138 cm³/mol. The van der Waals surface area contributed by atoms with Crippen LogP contribution in [0.15, 0.2) is 101 Å². The molecule has 0 aliphatic heterocycles. The maximum Gasteiger partial charge on any atom is 0.243 e. The highest BCUT2D eigenvalue weighted by Gasteiger charge is 2.24. The van der Waals surface area contributed by atoms with Crippen molar-refractivity contribution in [3.63, 3.8) is 0 Å². The van der Waals surface area contributed by atoms with Crippen molar-refractivity contribution in [2.24, 2.45) is 0 Å². The third kappa shape index (κ3) is 5.94. The van der Waals surface area contributed by atoms with Gasteiger partial charge in [0.05, 0.1) is 22.0 Å². The van der Waals surface area contributed by atoms with Gasteiger partial charge >= 0.3 is 0 Å². The highest BCUT2D eigenvalue weighted by atomic mass is 32.2. The van der Waals surface area contributed by atoms with E-state index in [0.717, 1.165) is 23.1 Å². The smallest absolute Gasteiger partial charge is 0.243 e. The first kappa shape index (κ1) is 24.2. The SMILES string of the molecule is Cc1cc(C)c(S(=O)(=O)c2ccccc2)c(NCC(=O)Nc2ccc(Cc3ccncc3)cc2)c1. The quantitative estimate of drug-likeness (QED) is 0.359. The van der Waals surface area contributed by atoms with Gasteiger partial charge < -0.3 is 10.6 Å². The Kier molecular flexibility index (Phi) is 7.27. The number of carbonyl (C=O) groups excluding carboxylic acids is 1. The van der Waals surface area contributed by atoms with Gasteiger partial charge in [-0.25, -0.2) is 8.42 Å². The van der Waals surface area contributed by atoms with Crippen molar-refractivity contribution in [2.45, 2.75) is 30.1 Å². The molecule has 0 fully saturated rings. The van der Waals surface area contributed by atoms with Gasteiger partial charge in [-0.15, -0.1) is 0 Å². The molecule has 4 aromatic rings. The van der Waals surface area contributed by atoms with Crippen LogP contribution in [0.25, 0.3) is 0 Å². The Balaban J connectivity index is 1.45. The monoisotopic (exact) mass is 485 g/mol.